The van der Waals surface area contributed by atoms with Gasteiger partial charge in [-0.2, -0.15) is 22.0 Å². The van der Waals surface area contributed by atoms with E-state index in [1.807, 2.05) is 19.1 Å². The number of hydrogen-bond acceptors (Lipinski definition) is 4. The van der Waals surface area contributed by atoms with E-state index in [2.05, 4.69) is 20.7 Å². The zero-order chi connectivity index (χ0) is 34.2. The Balaban J connectivity index is 1.91. The summed E-state index contributed by atoms with van der Waals surface area (Å²) in [5.41, 5.74) is 0.373. The van der Waals surface area contributed by atoms with Gasteiger partial charge in [0.05, 0.1) is 11.5 Å². The maximum atomic E-state index is 14.4. The van der Waals surface area contributed by atoms with Crippen LogP contribution in [0.2, 0.25) is 0 Å². The van der Waals surface area contributed by atoms with Gasteiger partial charge in [-0.1, -0.05) is 84.4 Å². The summed E-state index contributed by atoms with van der Waals surface area (Å²) in [6, 6.07) is 25.8. The van der Waals surface area contributed by atoms with E-state index in [9.17, 15) is 31.5 Å². The highest BCUT2D eigenvalue weighted by Crippen LogP contribution is 2.41. The minimum Gasteiger partial charge on any atom is -0.435 e. The van der Waals surface area contributed by atoms with Crippen molar-refractivity contribution in [3.05, 3.63) is 137 Å². The fraction of sp³-hybridized carbons (Fsp3) is 0.278. The minimum atomic E-state index is -4.50. The summed E-state index contributed by atoms with van der Waals surface area (Å²) in [4.78, 5) is 28.2. The highest BCUT2D eigenvalue weighted by Gasteiger charge is 2.52. The number of carbonyl (C=O) groups excluding carboxylic acids is 2. The van der Waals surface area contributed by atoms with Crippen molar-refractivity contribution >= 4 is 11.8 Å². The Hall–Kier alpha value is -4.77. The SMILES string of the molecule is CNC(=O)C(c1ccccc1)[C@](N[C@@H](CCc1ccc(C(F)(F)F)cc1)c1cccc(OC(F)F)c1)(C(=O)NC)c1ccc(C)cc1. The van der Waals surface area contributed by atoms with Crippen molar-refractivity contribution in [3.8, 4) is 5.75 Å². The molecule has 0 heterocycles. The van der Waals surface area contributed by atoms with Crippen molar-refractivity contribution < 1.29 is 36.3 Å². The fourth-order valence-corrected chi connectivity index (χ4v) is 5.74. The minimum absolute atomic E-state index is 0.120. The molecule has 4 rings (SSSR count). The molecule has 0 fully saturated rings. The summed E-state index contributed by atoms with van der Waals surface area (Å²) in [6.07, 6.45) is -4.06. The first-order chi connectivity index (χ1) is 22.4. The number of rotatable bonds is 13. The standard InChI is InChI=1S/C36H36F5N3O3/c1-23-12-17-27(18-13-23)35(33(46)43-3,31(32(45)42-2)25-8-5-4-6-9-25)44-30(26-10-7-11-29(22-26)47-34(37)38)21-16-24-14-19-28(20-15-24)36(39,40)41/h4-15,17-20,22,30-31,34,44H,16,21H2,1-3H3,(H,42,45)(H,43,46)/t30-,31?,35-/m0/s1. The van der Waals surface area contributed by atoms with E-state index in [0.29, 0.717) is 22.3 Å². The molecular formula is C36H36F5N3O3. The molecule has 0 bridgehead atoms. The quantitative estimate of drug-likeness (QED) is 0.135. The number of hydrogen-bond donors (Lipinski definition) is 3. The highest BCUT2D eigenvalue weighted by molar-refractivity contribution is 5.98. The van der Waals surface area contributed by atoms with Crippen molar-refractivity contribution in [1.82, 2.24) is 16.0 Å². The van der Waals surface area contributed by atoms with Crippen molar-refractivity contribution in [3.63, 3.8) is 0 Å². The molecule has 0 saturated heterocycles. The smallest absolute Gasteiger partial charge is 0.416 e. The second kappa shape index (κ2) is 15.2. The van der Waals surface area contributed by atoms with Gasteiger partial charge in [0.1, 0.15) is 11.3 Å². The Morgan fingerprint density at radius 1 is 0.766 bits per heavy atom. The van der Waals surface area contributed by atoms with Crippen molar-refractivity contribution in [2.45, 2.75) is 50.1 Å². The second-order valence-electron chi connectivity index (χ2n) is 11.1. The molecule has 2 amide bonds. The predicted molar refractivity (Wildman–Crippen MR) is 169 cm³/mol. The Labute approximate surface area is 270 Å². The highest BCUT2D eigenvalue weighted by atomic mass is 19.4. The van der Waals surface area contributed by atoms with Crippen LogP contribution in [0.4, 0.5) is 22.0 Å². The van der Waals surface area contributed by atoms with Crippen LogP contribution in [-0.2, 0) is 27.7 Å². The van der Waals surface area contributed by atoms with Gasteiger partial charge in [-0.05, 0) is 66.3 Å². The topological polar surface area (TPSA) is 79.5 Å². The van der Waals surface area contributed by atoms with Gasteiger partial charge < -0.3 is 15.4 Å². The van der Waals surface area contributed by atoms with E-state index in [-0.39, 0.29) is 18.6 Å². The largest absolute Gasteiger partial charge is 0.435 e. The lowest BCUT2D eigenvalue weighted by molar-refractivity contribution is -0.137. The maximum absolute atomic E-state index is 14.4. The molecule has 0 saturated carbocycles. The number of likely N-dealkylation sites (N-methyl/N-ethyl adjacent to an activating group) is 2. The van der Waals surface area contributed by atoms with Gasteiger partial charge in [-0.15, -0.1) is 0 Å². The molecule has 0 spiro atoms. The summed E-state index contributed by atoms with van der Waals surface area (Å²) in [5.74, 6) is -2.27. The molecule has 0 aromatic heterocycles. The number of ether oxygens (including phenoxy) is 1. The van der Waals surface area contributed by atoms with Crippen LogP contribution < -0.4 is 20.7 Å². The average molecular weight is 654 g/mol. The number of benzene rings is 4. The molecule has 1 unspecified atom stereocenters. The number of nitrogens with one attached hydrogen (secondary N) is 3. The molecule has 6 nitrogen and oxygen atoms in total. The van der Waals surface area contributed by atoms with E-state index >= 15 is 0 Å². The molecule has 3 N–H and O–H groups in total. The molecule has 248 valence electrons. The van der Waals surface area contributed by atoms with Crippen molar-refractivity contribution in [2.75, 3.05) is 14.1 Å². The first kappa shape index (κ1) is 35.1. The summed E-state index contributed by atoms with van der Waals surface area (Å²) >= 11 is 0. The molecule has 0 aliphatic rings. The van der Waals surface area contributed by atoms with E-state index in [1.54, 1.807) is 48.5 Å². The third-order valence-corrected chi connectivity index (χ3v) is 8.06. The lowest BCUT2D eigenvalue weighted by Gasteiger charge is -2.42. The maximum Gasteiger partial charge on any atom is 0.416 e. The van der Waals surface area contributed by atoms with Crippen LogP contribution in [0.1, 0.15) is 51.8 Å². The first-order valence-corrected chi connectivity index (χ1v) is 14.9. The van der Waals surface area contributed by atoms with Crippen LogP contribution in [-0.4, -0.2) is 32.5 Å². The first-order valence-electron chi connectivity index (χ1n) is 14.9. The Morgan fingerprint density at radius 2 is 1.38 bits per heavy atom. The molecular weight excluding hydrogens is 617 g/mol. The molecule has 4 aromatic rings. The lowest BCUT2D eigenvalue weighted by Crippen LogP contribution is -2.61. The second-order valence-corrected chi connectivity index (χ2v) is 11.1. The number of carbonyl (C=O) groups is 2. The summed E-state index contributed by atoms with van der Waals surface area (Å²) < 4.78 is 70.8. The Kier molecular flexibility index (Phi) is 11.4. The third kappa shape index (κ3) is 8.34. The van der Waals surface area contributed by atoms with Gasteiger partial charge in [-0.25, -0.2) is 0 Å². The molecule has 4 aromatic carbocycles. The van der Waals surface area contributed by atoms with Crippen LogP contribution in [0.3, 0.4) is 0 Å². The van der Waals surface area contributed by atoms with Crippen molar-refractivity contribution in [1.29, 1.82) is 0 Å². The zero-order valence-electron chi connectivity index (χ0n) is 26.1. The molecule has 3 atom stereocenters. The summed E-state index contributed by atoms with van der Waals surface area (Å²) in [5, 5.41) is 8.89. The predicted octanol–water partition coefficient (Wildman–Crippen LogP) is 7.05. The number of amides is 2. The molecule has 0 aliphatic carbocycles. The van der Waals surface area contributed by atoms with Gasteiger partial charge in [0.15, 0.2) is 0 Å². The third-order valence-electron chi connectivity index (χ3n) is 8.06. The van der Waals surface area contributed by atoms with Gasteiger partial charge in [-0.3, -0.25) is 14.9 Å². The molecule has 0 aliphatic heterocycles. The monoisotopic (exact) mass is 653 g/mol. The van der Waals surface area contributed by atoms with Crippen LogP contribution in [0, 0.1) is 6.92 Å². The van der Waals surface area contributed by atoms with Crippen LogP contribution in [0.25, 0.3) is 0 Å². The van der Waals surface area contributed by atoms with Gasteiger partial charge in [0.2, 0.25) is 11.8 Å². The van der Waals surface area contributed by atoms with Crippen LogP contribution >= 0.6 is 0 Å². The zero-order valence-corrected chi connectivity index (χ0v) is 26.1. The molecule has 47 heavy (non-hydrogen) atoms. The van der Waals surface area contributed by atoms with Gasteiger partial charge in [0.25, 0.3) is 0 Å². The number of halogens is 5. The van der Waals surface area contributed by atoms with Crippen molar-refractivity contribution in [2.24, 2.45) is 0 Å². The lowest BCUT2D eigenvalue weighted by atomic mass is 9.71. The van der Waals surface area contributed by atoms with E-state index in [1.165, 1.54) is 44.4 Å². The van der Waals surface area contributed by atoms with Gasteiger partial charge in [0, 0.05) is 20.1 Å². The Morgan fingerprint density at radius 3 is 1.96 bits per heavy atom. The van der Waals surface area contributed by atoms with Crippen LogP contribution in [0.5, 0.6) is 5.75 Å². The van der Waals surface area contributed by atoms with E-state index in [4.69, 9.17) is 0 Å². The Bertz CT molecular complexity index is 1630. The fourth-order valence-electron chi connectivity index (χ4n) is 5.74. The molecule has 0 radical (unpaired) electrons. The summed E-state index contributed by atoms with van der Waals surface area (Å²) in [7, 11) is 2.92. The average Bonchev–Trinajstić information content (AvgIpc) is 3.06. The van der Waals surface area contributed by atoms with Gasteiger partial charge >= 0.3 is 12.8 Å². The van der Waals surface area contributed by atoms with E-state index < -0.39 is 47.7 Å². The number of aryl methyl sites for hydroxylation is 2. The molecule has 11 heteroatoms. The number of alkyl halides is 5. The summed E-state index contributed by atoms with van der Waals surface area (Å²) in [6.45, 7) is -1.20. The van der Waals surface area contributed by atoms with Crippen LogP contribution in [0.15, 0.2) is 103 Å². The normalized spacial score (nSPS) is 14.1. The van der Waals surface area contributed by atoms with E-state index in [0.717, 1.165) is 17.7 Å².